The van der Waals surface area contributed by atoms with E-state index in [4.69, 9.17) is 0 Å². The van der Waals surface area contributed by atoms with Gasteiger partial charge in [-0.25, -0.2) is 8.42 Å². The van der Waals surface area contributed by atoms with E-state index in [1.54, 1.807) is 36.1 Å². The molecule has 1 aliphatic rings. The first-order valence-corrected chi connectivity index (χ1v) is 14.7. The lowest BCUT2D eigenvalue weighted by Gasteiger charge is -2.31. The topological polar surface area (TPSA) is 86.8 Å². The highest BCUT2D eigenvalue weighted by Crippen LogP contribution is 2.20. The van der Waals surface area contributed by atoms with E-state index >= 15 is 0 Å². The maximum Gasteiger partial charge on any atom is 0.242 e. The van der Waals surface area contributed by atoms with Crippen LogP contribution in [0.3, 0.4) is 0 Å². The molecule has 0 heterocycles. The van der Waals surface area contributed by atoms with E-state index < -0.39 is 16.1 Å². The lowest BCUT2D eigenvalue weighted by Crippen LogP contribution is -2.50. The first-order chi connectivity index (χ1) is 17.1. The van der Waals surface area contributed by atoms with E-state index in [0.29, 0.717) is 18.7 Å². The quantitative estimate of drug-likeness (QED) is 0.482. The molecule has 0 bridgehead atoms. The van der Waals surface area contributed by atoms with Gasteiger partial charge in [-0.2, -0.15) is 0 Å². The van der Waals surface area contributed by atoms with Crippen molar-refractivity contribution in [1.82, 2.24) is 10.2 Å². The maximum atomic E-state index is 13.4. The second kappa shape index (κ2) is 12.9. The zero-order valence-corrected chi connectivity index (χ0v) is 22.5. The van der Waals surface area contributed by atoms with Crippen molar-refractivity contribution >= 4 is 27.5 Å². The van der Waals surface area contributed by atoms with Crippen LogP contribution in [0.25, 0.3) is 0 Å². The predicted molar refractivity (Wildman–Crippen MR) is 144 cm³/mol. The number of anilines is 1. The highest BCUT2D eigenvalue weighted by Gasteiger charge is 2.28. The molecule has 1 saturated carbocycles. The zero-order valence-electron chi connectivity index (χ0n) is 21.7. The Balaban J connectivity index is 1.70. The molecule has 0 aliphatic heterocycles. The van der Waals surface area contributed by atoms with Gasteiger partial charge in [-0.3, -0.25) is 13.9 Å². The number of hydrogen-bond donors (Lipinski definition) is 1. The number of sulfonamides is 1. The van der Waals surface area contributed by atoms with Crippen molar-refractivity contribution in [3.8, 4) is 0 Å². The molecule has 0 aromatic heterocycles. The van der Waals surface area contributed by atoms with Crippen molar-refractivity contribution in [2.45, 2.75) is 77.4 Å². The highest BCUT2D eigenvalue weighted by molar-refractivity contribution is 7.92. The van der Waals surface area contributed by atoms with Crippen LogP contribution in [0.15, 0.2) is 54.6 Å². The van der Waals surface area contributed by atoms with Crippen LogP contribution in [0, 0.1) is 6.92 Å². The van der Waals surface area contributed by atoms with Crippen LogP contribution < -0.4 is 9.62 Å². The fourth-order valence-electron chi connectivity index (χ4n) is 4.76. The molecule has 7 nitrogen and oxygen atoms in total. The molecule has 1 fully saturated rings. The molecule has 2 aromatic carbocycles. The summed E-state index contributed by atoms with van der Waals surface area (Å²) < 4.78 is 26.1. The minimum Gasteiger partial charge on any atom is -0.352 e. The number of nitrogens with zero attached hydrogens (tertiary/aromatic N) is 2. The van der Waals surface area contributed by atoms with Crippen LogP contribution >= 0.6 is 0 Å². The summed E-state index contributed by atoms with van der Waals surface area (Å²) in [6, 6.07) is 16.4. The molecule has 0 spiro atoms. The number of carbonyl (C=O) groups excluding carboxylic acids is 2. The van der Waals surface area contributed by atoms with E-state index in [2.05, 4.69) is 5.32 Å². The number of benzene rings is 2. The van der Waals surface area contributed by atoms with Gasteiger partial charge in [-0.15, -0.1) is 0 Å². The van der Waals surface area contributed by atoms with Crippen LogP contribution in [0.4, 0.5) is 5.69 Å². The standard InChI is InChI=1S/C28H39N3O4S/c1-22-12-10-13-24(20-22)21-30(23(2)28(33)29-25-14-6-4-7-15-25)27(32)18-11-19-31(36(3,34)35)26-16-8-5-9-17-26/h5,8-10,12-13,16-17,20,23,25H,4,6-7,11,14-15,18-19,21H2,1-3H3,(H,29,33)/t23-/m1/s1. The van der Waals surface area contributed by atoms with E-state index in [-0.39, 0.29) is 30.8 Å². The summed E-state index contributed by atoms with van der Waals surface area (Å²) in [7, 11) is -3.49. The van der Waals surface area contributed by atoms with E-state index in [0.717, 1.165) is 36.8 Å². The van der Waals surface area contributed by atoms with Gasteiger partial charge < -0.3 is 10.2 Å². The Bertz CT molecular complexity index is 1110. The summed E-state index contributed by atoms with van der Waals surface area (Å²) in [5.74, 6) is -0.297. The number of carbonyl (C=O) groups is 2. The van der Waals surface area contributed by atoms with Crippen molar-refractivity contribution < 1.29 is 18.0 Å². The Morgan fingerprint density at radius 3 is 2.36 bits per heavy atom. The van der Waals surface area contributed by atoms with Gasteiger partial charge in [0.1, 0.15) is 6.04 Å². The molecule has 0 saturated heterocycles. The number of nitrogens with one attached hydrogen (secondary N) is 1. The smallest absolute Gasteiger partial charge is 0.242 e. The number of para-hydroxylation sites is 1. The Hall–Kier alpha value is -2.87. The summed E-state index contributed by atoms with van der Waals surface area (Å²) in [5.41, 5.74) is 2.62. The van der Waals surface area contributed by atoms with Gasteiger partial charge in [-0.05, 0) is 50.8 Å². The second-order valence-electron chi connectivity index (χ2n) is 9.80. The van der Waals surface area contributed by atoms with Gasteiger partial charge in [0.2, 0.25) is 21.8 Å². The fourth-order valence-corrected chi connectivity index (χ4v) is 5.72. The van der Waals surface area contributed by atoms with Crippen LogP contribution in [-0.4, -0.2) is 50.0 Å². The molecule has 1 aliphatic carbocycles. The van der Waals surface area contributed by atoms with Crippen LogP contribution in [0.1, 0.15) is 63.0 Å². The van der Waals surface area contributed by atoms with Gasteiger partial charge in [0.15, 0.2) is 0 Å². The molecular weight excluding hydrogens is 474 g/mol. The lowest BCUT2D eigenvalue weighted by molar-refractivity contribution is -0.141. The third-order valence-electron chi connectivity index (χ3n) is 6.75. The molecule has 196 valence electrons. The summed E-state index contributed by atoms with van der Waals surface area (Å²) in [6.07, 6.45) is 7.05. The molecule has 3 rings (SSSR count). The number of amides is 2. The van der Waals surface area contributed by atoms with Crippen molar-refractivity contribution in [2.24, 2.45) is 0 Å². The van der Waals surface area contributed by atoms with E-state index in [1.807, 2.05) is 37.3 Å². The molecule has 2 aromatic rings. The van der Waals surface area contributed by atoms with Crippen molar-refractivity contribution in [3.05, 3.63) is 65.7 Å². The van der Waals surface area contributed by atoms with E-state index in [9.17, 15) is 18.0 Å². The first-order valence-electron chi connectivity index (χ1n) is 12.8. The third-order valence-corrected chi connectivity index (χ3v) is 7.94. The Labute approximate surface area is 215 Å². The molecule has 2 amide bonds. The van der Waals surface area contributed by atoms with Crippen LogP contribution in [0.2, 0.25) is 0 Å². The first kappa shape index (κ1) is 27.7. The number of hydrogen-bond acceptors (Lipinski definition) is 4. The van der Waals surface area contributed by atoms with Crippen LogP contribution in [0.5, 0.6) is 0 Å². The average Bonchev–Trinajstić information content (AvgIpc) is 2.85. The SMILES string of the molecule is Cc1cccc(CN(C(=O)CCCN(c2ccccc2)S(C)(=O)=O)[C@H](C)C(=O)NC2CCCCC2)c1. The van der Waals surface area contributed by atoms with Crippen molar-refractivity contribution in [3.63, 3.8) is 0 Å². The summed E-state index contributed by atoms with van der Waals surface area (Å²) in [6.45, 7) is 4.29. The van der Waals surface area contributed by atoms with Gasteiger partial charge in [0.05, 0.1) is 11.9 Å². The summed E-state index contributed by atoms with van der Waals surface area (Å²) in [4.78, 5) is 28.2. The van der Waals surface area contributed by atoms with Gasteiger partial charge in [0.25, 0.3) is 0 Å². The minimum absolute atomic E-state index is 0.134. The summed E-state index contributed by atoms with van der Waals surface area (Å²) >= 11 is 0. The predicted octanol–water partition coefficient (Wildman–Crippen LogP) is 4.41. The van der Waals surface area contributed by atoms with Gasteiger partial charge >= 0.3 is 0 Å². The Kier molecular flexibility index (Phi) is 9.93. The monoisotopic (exact) mass is 513 g/mol. The fraction of sp³-hybridized carbons (Fsp3) is 0.500. The normalized spacial score (nSPS) is 15.2. The molecule has 0 unspecified atom stereocenters. The average molecular weight is 514 g/mol. The third kappa shape index (κ3) is 8.08. The zero-order chi connectivity index (χ0) is 26.1. The van der Waals surface area contributed by atoms with E-state index in [1.165, 1.54) is 17.0 Å². The molecule has 1 atom stereocenters. The second-order valence-corrected chi connectivity index (χ2v) is 11.7. The highest BCUT2D eigenvalue weighted by atomic mass is 32.2. The molecule has 8 heteroatoms. The Morgan fingerprint density at radius 2 is 1.72 bits per heavy atom. The largest absolute Gasteiger partial charge is 0.352 e. The van der Waals surface area contributed by atoms with Crippen molar-refractivity contribution in [1.29, 1.82) is 0 Å². The van der Waals surface area contributed by atoms with Gasteiger partial charge in [-0.1, -0.05) is 67.3 Å². The molecule has 36 heavy (non-hydrogen) atoms. The number of rotatable bonds is 11. The Morgan fingerprint density at radius 1 is 1.03 bits per heavy atom. The summed E-state index contributed by atoms with van der Waals surface area (Å²) in [5, 5.41) is 3.15. The van der Waals surface area contributed by atoms with Crippen molar-refractivity contribution in [2.75, 3.05) is 17.1 Å². The minimum atomic E-state index is -3.49. The van der Waals surface area contributed by atoms with Crippen LogP contribution in [-0.2, 0) is 26.2 Å². The number of aryl methyl sites for hydroxylation is 1. The molecule has 0 radical (unpaired) electrons. The molecule has 1 N–H and O–H groups in total. The lowest BCUT2D eigenvalue weighted by atomic mass is 9.95. The van der Waals surface area contributed by atoms with Gasteiger partial charge in [0, 0.05) is 25.6 Å². The maximum absolute atomic E-state index is 13.4. The molecular formula is C28H39N3O4S.